The molecule has 0 aromatic heterocycles. The average molecular weight is 674 g/mol. The zero-order valence-electron chi connectivity index (χ0n) is 28.0. The van der Waals surface area contributed by atoms with Gasteiger partial charge in [-0.25, -0.2) is 0 Å². The molecule has 2 atom stereocenters. The monoisotopic (exact) mass is 673 g/mol. The van der Waals surface area contributed by atoms with Gasteiger partial charge in [0, 0.05) is 36.8 Å². The molecule has 50 heavy (non-hydrogen) atoms. The number of aliphatic hydroxyl groups excluding tert-OH is 2. The summed E-state index contributed by atoms with van der Waals surface area (Å²) in [5.74, 6) is 1.13. The number of para-hydroxylation sites is 1. The Balaban J connectivity index is 1.01. The second kappa shape index (κ2) is 17.8. The van der Waals surface area contributed by atoms with Crippen molar-refractivity contribution in [3.05, 3.63) is 160 Å². The van der Waals surface area contributed by atoms with Crippen LogP contribution in [-0.2, 0) is 37.3 Å². The maximum absolute atomic E-state index is 12.8. The number of rotatable bonds is 16. The van der Waals surface area contributed by atoms with Crippen LogP contribution in [0.1, 0.15) is 56.8 Å². The number of ether oxygens (including phenoxy) is 1. The summed E-state index contributed by atoms with van der Waals surface area (Å²) in [6, 6.07) is 36.9. The van der Waals surface area contributed by atoms with Gasteiger partial charge in [0.25, 0.3) is 5.91 Å². The van der Waals surface area contributed by atoms with Gasteiger partial charge < -0.3 is 36.0 Å². The molecule has 9 nitrogen and oxygen atoms in total. The fraction of sp³-hybridized carbons (Fsp3) is 0.220. The van der Waals surface area contributed by atoms with Gasteiger partial charge >= 0.3 is 0 Å². The molecule has 0 spiro atoms. The first kappa shape index (κ1) is 35.8. The van der Waals surface area contributed by atoms with Gasteiger partial charge in [-0.2, -0.15) is 0 Å². The van der Waals surface area contributed by atoms with Gasteiger partial charge in [-0.1, -0.05) is 72.8 Å². The number of aliphatic hydroxyl groups is 2. The number of carbonyl (C=O) groups excluding carboxylic acids is 2. The van der Waals surface area contributed by atoms with E-state index in [2.05, 4.69) is 16.0 Å². The number of nitrogens with one attached hydrogen (secondary N) is 3. The van der Waals surface area contributed by atoms with Crippen molar-refractivity contribution in [2.75, 3.05) is 6.54 Å². The van der Waals surface area contributed by atoms with E-state index in [-0.39, 0.29) is 36.6 Å². The Bertz CT molecular complexity index is 1850. The minimum Gasteiger partial charge on any atom is -0.508 e. The fourth-order valence-corrected chi connectivity index (χ4v) is 5.47. The average Bonchev–Trinajstić information content (AvgIpc) is 3.13. The molecule has 0 aliphatic rings. The second-order valence-corrected chi connectivity index (χ2v) is 12.3. The van der Waals surface area contributed by atoms with Crippen LogP contribution in [0.25, 0.3) is 0 Å². The third kappa shape index (κ3) is 10.8. The van der Waals surface area contributed by atoms with Crippen LogP contribution in [-0.4, -0.2) is 39.7 Å². The minimum atomic E-state index is -0.786. The van der Waals surface area contributed by atoms with Crippen LogP contribution in [0.3, 0.4) is 0 Å². The van der Waals surface area contributed by atoms with Gasteiger partial charge in [0.2, 0.25) is 5.91 Å². The van der Waals surface area contributed by atoms with E-state index in [0.29, 0.717) is 48.5 Å². The molecule has 2 amide bonds. The summed E-state index contributed by atoms with van der Waals surface area (Å²) in [6.45, 7) is 2.82. The number of benzene rings is 5. The Kier molecular flexibility index (Phi) is 12.7. The molecule has 1 unspecified atom stereocenters. The normalized spacial score (nSPS) is 12.1. The van der Waals surface area contributed by atoms with Crippen molar-refractivity contribution < 1.29 is 29.6 Å². The fourth-order valence-electron chi connectivity index (χ4n) is 5.47. The highest BCUT2D eigenvalue weighted by Crippen LogP contribution is 2.23. The number of amides is 2. The van der Waals surface area contributed by atoms with Gasteiger partial charge in [-0.05, 0) is 89.7 Å². The third-order valence-corrected chi connectivity index (χ3v) is 8.28. The van der Waals surface area contributed by atoms with Gasteiger partial charge in [0.15, 0.2) is 0 Å². The lowest BCUT2D eigenvalue weighted by molar-refractivity contribution is -0.120. The van der Waals surface area contributed by atoms with Crippen molar-refractivity contribution in [3.8, 4) is 17.2 Å². The van der Waals surface area contributed by atoms with E-state index < -0.39 is 6.10 Å². The highest BCUT2D eigenvalue weighted by atomic mass is 16.5. The Labute approximate surface area is 292 Å². The van der Waals surface area contributed by atoms with Crippen LogP contribution in [0, 0.1) is 0 Å². The lowest BCUT2D eigenvalue weighted by atomic mass is 10.0. The van der Waals surface area contributed by atoms with E-state index in [1.807, 2.05) is 85.8 Å². The summed E-state index contributed by atoms with van der Waals surface area (Å²) >= 11 is 0. The van der Waals surface area contributed by atoms with Crippen LogP contribution >= 0.6 is 0 Å². The smallest absolute Gasteiger partial charge is 0.251 e. The topological polar surface area (TPSA) is 140 Å². The SMILES string of the molecule is CC(Cc1cccc(CC(=O)NCc2ccc(CNC(=O)c3ccc(Oc4ccccc4)cc3)cc2)c1)NC[C@H](O)c1ccc(O)c(CO)c1. The molecule has 6 N–H and O–H groups in total. The molecule has 5 aromatic carbocycles. The van der Waals surface area contributed by atoms with Crippen LogP contribution in [0.2, 0.25) is 0 Å². The molecule has 5 aromatic rings. The predicted octanol–water partition coefficient (Wildman–Crippen LogP) is 5.72. The summed E-state index contributed by atoms with van der Waals surface area (Å²) < 4.78 is 5.79. The molecule has 0 bridgehead atoms. The lowest BCUT2D eigenvalue weighted by Crippen LogP contribution is -2.32. The second-order valence-electron chi connectivity index (χ2n) is 12.3. The maximum atomic E-state index is 12.8. The van der Waals surface area contributed by atoms with Crippen molar-refractivity contribution in [1.82, 2.24) is 16.0 Å². The van der Waals surface area contributed by atoms with E-state index >= 15 is 0 Å². The molecule has 9 heteroatoms. The van der Waals surface area contributed by atoms with Crippen molar-refractivity contribution in [1.29, 1.82) is 0 Å². The van der Waals surface area contributed by atoms with Crippen LogP contribution in [0.4, 0.5) is 0 Å². The standard InChI is InChI=1S/C41H43N3O6/c1-28(42-26-39(47)34-16-19-38(46)35(23-34)27-45)20-31-6-5-7-32(21-31)22-40(48)43-24-29-10-12-30(13-11-29)25-44-41(49)33-14-17-37(18-15-33)50-36-8-3-2-4-9-36/h2-19,21,23,28,39,42,45-47H,20,22,24-27H2,1H3,(H,43,48)(H,44,49)/t28?,39-/m0/s1. The van der Waals surface area contributed by atoms with Crippen molar-refractivity contribution >= 4 is 11.8 Å². The van der Waals surface area contributed by atoms with Crippen molar-refractivity contribution in [3.63, 3.8) is 0 Å². The largest absolute Gasteiger partial charge is 0.508 e. The van der Waals surface area contributed by atoms with Gasteiger partial charge in [-0.15, -0.1) is 0 Å². The Morgan fingerprint density at radius 1 is 0.720 bits per heavy atom. The zero-order valence-corrected chi connectivity index (χ0v) is 28.0. The lowest BCUT2D eigenvalue weighted by Gasteiger charge is -2.18. The summed E-state index contributed by atoms with van der Waals surface area (Å²) in [4.78, 5) is 25.4. The molecule has 0 saturated heterocycles. The summed E-state index contributed by atoms with van der Waals surface area (Å²) in [5.41, 5.74) is 5.43. The van der Waals surface area contributed by atoms with Crippen molar-refractivity contribution in [2.45, 2.75) is 51.6 Å². The van der Waals surface area contributed by atoms with Crippen molar-refractivity contribution in [2.24, 2.45) is 0 Å². The maximum Gasteiger partial charge on any atom is 0.251 e. The van der Waals surface area contributed by atoms with Gasteiger partial charge in [-0.3, -0.25) is 9.59 Å². The molecule has 0 radical (unpaired) electrons. The highest BCUT2D eigenvalue weighted by molar-refractivity contribution is 5.94. The Hall–Kier alpha value is -5.48. The molecule has 0 saturated carbocycles. The van der Waals surface area contributed by atoms with E-state index in [4.69, 9.17) is 4.74 Å². The Morgan fingerprint density at radius 2 is 1.38 bits per heavy atom. The van der Waals surface area contributed by atoms with Gasteiger partial charge in [0.1, 0.15) is 17.2 Å². The predicted molar refractivity (Wildman–Crippen MR) is 193 cm³/mol. The first-order valence-corrected chi connectivity index (χ1v) is 16.6. The summed E-state index contributed by atoms with van der Waals surface area (Å²) in [5, 5.41) is 39.0. The minimum absolute atomic E-state index is 0.00112. The summed E-state index contributed by atoms with van der Waals surface area (Å²) in [6.07, 6.45) is 0.181. The highest BCUT2D eigenvalue weighted by Gasteiger charge is 2.13. The first-order chi connectivity index (χ1) is 24.2. The molecule has 258 valence electrons. The molecular weight excluding hydrogens is 630 g/mol. The van der Waals surface area contributed by atoms with Crippen LogP contribution in [0.15, 0.2) is 121 Å². The number of aromatic hydroxyl groups is 1. The summed E-state index contributed by atoms with van der Waals surface area (Å²) in [7, 11) is 0. The van der Waals surface area contributed by atoms with Crippen LogP contribution < -0.4 is 20.7 Å². The third-order valence-electron chi connectivity index (χ3n) is 8.28. The molecular formula is C41H43N3O6. The quantitative estimate of drug-likeness (QED) is 0.0788. The molecule has 0 aliphatic carbocycles. The van der Waals surface area contributed by atoms with E-state index in [0.717, 1.165) is 28.0 Å². The number of hydrogen-bond acceptors (Lipinski definition) is 7. The molecule has 0 aliphatic heterocycles. The number of carbonyl (C=O) groups is 2. The number of phenols is 1. The van der Waals surface area contributed by atoms with Gasteiger partial charge in [0.05, 0.1) is 19.1 Å². The number of hydrogen-bond donors (Lipinski definition) is 6. The van der Waals surface area contributed by atoms with E-state index in [1.165, 1.54) is 6.07 Å². The van der Waals surface area contributed by atoms with Crippen LogP contribution in [0.5, 0.6) is 17.2 Å². The molecule has 0 fully saturated rings. The first-order valence-electron chi connectivity index (χ1n) is 16.6. The molecule has 5 rings (SSSR count). The van der Waals surface area contributed by atoms with E-state index in [1.54, 1.807) is 36.4 Å². The zero-order chi connectivity index (χ0) is 35.3. The molecule has 0 heterocycles. The van der Waals surface area contributed by atoms with E-state index in [9.17, 15) is 24.9 Å². The Morgan fingerprint density at radius 3 is 2.08 bits per heavy atom.